The van der Waals surface area contributed by atoms with Gasteiger partial charge in [0.15, 0.2) is 10.8 Å². The van der Waals surface area contributed by atoms with Crippen molar-refractivity contribution in [3.63, 3.8) is 0 Å². The zero-order valence-corrected chi connectivity index (χ0v) is 19.8. The Labute approximate surface area is 205 Å². The number of nitrogens with one attached hydrogen (secondary N) is 1. The van der Waals surface area contributed by atoms with Crippen molar-refractivity contribution in [3.8, 4) is 0 Å². The first kappa shape index (κ1) is 24.3. The minimum absolute atomic E-state index is 0.0667. The van der Waals surface area contributed by atoms with E-state index in [-0.39, 0.29) is 16.5 Å². The van der Waals surface area contributed by atoms with Crippen LogP contribution in [0.2, 0.25) is 0 Å². The van der Waals surface area contributed by atoms with Gasteiger partial charge in [-0.25, -0.2) is 9.78 Å². The van der Waals surface area contributed by atoms with Crippen LogP contribution in [0, 0.1) is 0 Å². The number of carboxylic acid groups (broad SMARTS) is 1. The molecule has 2 amide bonds. The van der Waals surface area contributed by atoms with E-state index in [1.807, 2.05) is 0 Å². The van der Waals surface area contributed by atoms with Crippen molar-refractivity contribution in [2.45, 2.75) is 22.2 Å². The molecule has 1 saturated heterocycles. The molecule has 2 aliphatic rings. The minimum atomic E-state index is -3.28. The average Bonchev–Trinajstić information content (AvgIpc) is 3.47. The molecule has 2 aromatic rings. The normalized spacial score (nSPS) is 20.3. The Hall–Kier alpha value is -2.83. The topological polar surface area (TPSA) is 173 Å². The zero-order valence-electron chi connectivity index (χ0n) is 16.6. The van der Waals surface area contributed by atoms with Crippen LogP contribution in [-0.4, -0.2) is 77.6 Å². The van der Waals surface area contributed by atoms with E-state index in [4.69, 9.17) is 5.73 Å². The number of β-lactam (4-membered cyclic amide) rings is 1. The van der Waals surface area contributed by atoms with Crippen molar-refractivity contribution in [1.82, 2.24) is 24.8 Å². The Morgan fingerprint density at radius 2 is 2.26 bits per heavy atom. The molecule has 4 heterocycles. The van der Waals surface area contributed by atoms with E-state index in [2.05, 4.69) is 29.9 Å². The smallest absolute Gasteiger partial charge is 0.407 e. The molecule has 0 spiro atoms. The summed E-state index contributed by atoms with van der Waals surface area (Å²) >= 11 is 4.74. The number of alkyl halides is 2. The van der Waals surface area contributed by atoms with Gasteiger partial charge in [0.1, 0.15) is 27.0 Å². The van der Waals surface area contributed by atoms with Crippen LogP contribution in [0.3, 0.4) is 0 Å². The third-order valence-corrected chi connectivity index (χ3v) is 8.40. The molecule has 2 aliphatic heterocycles. The molecule has 0 saturated carbocycles. The largest absolute Gasteiger partial charge is 0.477 e. The van der Waals surface area contributed by atoms with Gasteiger partial charge in [-0.15, -0.1) is 40.0 Å². The van der Waals surface area contributed by atoms with Crippen molar-refractivity contribution in [2.75, 3.05) is 17.2 Å². The molecule has 4 N–H and O–H groups in total. The van der Waals surface area contributed by atoms with E-state index >= 15 is 0 Å². The second-order valence-corrected chi connectivity index (χ2v) is 10.6. The quantitative estimate of drug-likeness (QED) is 0.177. The van der Waals surface area contributed by atoms with Crippen LogP contribution in [0.15, 0.2) is 32.2 Å². The molecular formula is C16H13F2N7O5S4. The zero-order chi connectivity index (χ0) is 24.4. The molecule has 1 fully saturated rings. The molecular weight excluding hydrogens is 536 g/mol. The molecule has 34 heavy (non-hydrogen) atoms. The number of rotatable bonds is 9. The van der Waals surface area contributed by atoms with Gasteiger partial charge in [-0.05, 0) is 17.1 Å². The van der Waals surface area contributed by atoms with Gasteiger partial charge in [-0.3, -0.25) is 14.5 Å². The molecule has 4 rings (SSSR count). The number of nitrogen functional groups attached to an aromatic ring is 1. The number of hydrogen-bond donors (Lipinski definition) is 3. The third kappa shape index (κ3) is 4.98. The maximum absolute atomic E-state index is 12.8. The van der Waals surface area contributed by atoms with E-state index in [0.717, 1.165) is 20.4 Å². The average molecular weight is 550 g/mol. The number of aromatic nitrogens is 3. The fraction of sp³-hybridized carbons (Fsp3) is 0.312. The number of nitrogens with zero attached hydrogens (tertiary/aromatic N) is 5. The number of anilines is 1. The minimum Gasteiger partial charge on any atom is -0.477 e. The summed E-state index contributed by atoms with van der Waals surface area (Å²) in [6.45, 7) is -3.28. The van der Waals surface area contributed by atoms with E-state index < -0.39 is 41.5 Å². The lowest BCUT2D eigenvalue weighted by atomic mass is 10.0. The molecule has 180 valence electrons. The Morgan fingerprint density at radius 1 is 1.47 bits per heavy atom. The number of aliphatic carboxylic acids is 1. The lowest BCUT2D eigenvalue weighted by Gasteiger charge is -2.49. The second-order valence-electron chi connectivity index (χ2n) is 6.52. The first-order valence-electron chi connectivity index (χ1n) is 9.10. The number of thiazole rings is 1. The number of carbonyl (C=O) groups is 3. The lowest BCUT2D eigenvalue weighted by molar-refractivity contribution is -0.150. The summed E-state index contributed by atoms with van der Waals surface area (Å²) in [6, 6.07) is -1.10. The number of amides is 2. The number of hydrogen-bond acceptors (Lipinski definition) is 13. The first-order valence-corrected chi connectivity index (χ1v) is 12.8. The highest BCUT2D eigenvalue weighted by Crippen LogP contribution is 2.41. The molecule has 0 aliphatic carbocycles. The van der Waals surface area contributed by atoms with Gasteiger partial charge in [0.25, 0.3) is 11.8 Å². The maximum atomic E-state index is 12.8. The number of carbonyl (C=O) groups excluding carboxylic acids is 2. The summed E-state index contributed by atoms with van der Waals surface area (Å²) < 4.78 is 29.5. The Morgan fingerprint density at radius 3 is 2.88 bits per heavy atom. The van der Waals surface area contributed by atoms with Crippen molar-refractivity contribution in [3.05, 3.63) is 28.5 Å². The number of halogens is 2. The van der Waals surface area contributed by atoms with E-state index in [1.165, 1.54) is 40.4 Å². The molecule has 12 nitrogen and oxygen atoms in total. The number of nitrogens with two attached hydrogens (primary N) is 1. The van der Waals surface area contributed by atoms with Crippen LogP contribution in [0.25, 0.3) is 0 Å². The lowest BCUT2D eigenvalue weighted by Crippen LogP contribution is -2.71. The summed E-state index contributed by atoms with van der Waals surface area (Å²) in [4.78, 5) is 46.3. The third-order valence-electron chi connectivity index (χ3n) is 4.47. The highest BCUT2D eigenvalue weighted by Gasteiger charge is 2.54. The molecule has 18 heteroatoms. The van der Waals surface area contributed by atoms with Crippen LogP contribution in [-0.2, 0) is 19.2 Å². The Kier molecular flexibility index (Phi) is 7.29. The van der Waals surface area contributed by atoms with Gasteiger partial charge in [-0.1, -0.05) is 9.64 Å². The van der Waals surface area contributed by atoms with E-state index in [9.17, 15) is 28.3 Å². The molecule has 2 aromatic heterocycles. The summed E-state index contributed by atoms with van der Waals surface area (Å²) in [7, 11) is 0. The Bertz CT molecular complexity index is 1170. The molecule has 0 radical (unpaired) electrons. The standard InChI is InChI=1S/C16H13F2N7O5S4/c17-15(18)30-23-8(6-4-33-16(19)21-6)11(26)22-9-12(27)25-10(14(28)29)5(3-32-13(9)25)2-31-7-1-20-24-34-7/h1,4,9,13,15H,2-3H2,(H2,19,21)(H,22,26)(H,28,29)/t9?,13-/m0/s1. The highest BCUT2D eigenvalue weighted by atomic mass is 32.2. The first-order chi connectivity index (χ1) is 16.3. The highest BCUT2D eigenvalue weighted by molar-refractivity contribution is 8.01. The summed E-state index contributed by atoms with van der Waals surface area (Å²) in [5.74, 6) is -2.30. The maximum Gasteiger partial charge on any atom is 0.407 e. The summed E-state index contributed by atoms with van der Waals surface area (Å²) in [6.07, 6.45) is 1.56. The summed E-state index contributed by atoms with van der Waals surface area (Å²) in [5.41, 5.74) is 5.22. The van der Waals surface area contributed by atoms with Gasteiger partial charge in [0.05, 0.1) is 6.20 Å². The molecule has 0 aromatic carbocycles. The van der Waals surface area contributed by atoms with Crippen molar-refractivity contribution in [1.29, 1.82) is 0 Å². The van der Waals surface area contributed by atoms with E-state index in [1.54, 1.807) is 6.20 Å². The fourth-order valence-electron chi connectivity index (χ4n) is 3.08. The number of carboxylic acids is 1. The summed E-state index contributed by atoms with van der Waals surface area (Å²) in [5, 5.41) is 19.7. The Balaban J connectivity index is 1.50. The van der Waals surface area contributed by atoms with Crippen molar-refractivity contribution < 1.29 is 33.1 Å². The van der Waals surface area contributed by atoms with Crippen molar-refractivity contribution in [2.24, 2.45) is 5.16 Å². The number of fused-ring (bicyclic) bond motifs is 1. The van der Waals surface area contributed by atoms with Crippen LogP contribution in [0.4, 0.5) is 13.9 Å². The van der Waals surface area contributed by atoms with E-state index in [0.29, 0.717) is 17.1 Å². The molecule has 0 bridgehead atoms. The fourth-order valence-corrected chi connectivity index (χ4v) is 6.53. The van der Waals surface area contributed by atoms with Crippen LogP contribution in [0.5, 0.6) is 0 Å². The van der Waals surface area contributed by atoms with Gasteiger partial charge < -0.3 is 21.0 Å². The van der Waals surface area contributed by atoms with Crippen LogP contribution < -0.4 is 11.1 Å². The SMILES string of the molecule is Nc1nc(C(=NOC(F)F)C(=O)NC2C(=O)N3C(C(=O)O)=C(CSc4cnns4)CS[C@@H]23)cs1. The van der Waals surface area contributed by atoms with Gasteiger partial charge in [-0.2, -0.15) is 8.78 Å². The van der Waals surface area contributed by atoms with Crippen LogP contribution in [0.1, 0.15) is 5.69 Å². The number of oxime groups is 1. The van der Waals surface area contributed by atoms with Crippen LogP contribution >= 0.6 is 46.4 Å². The molecule has 1 unspecified atom stereocenters. The van der Waals surface area contributed by atoms with Crippen molar-refractivity contribution >= 4 is 75.0 Å². The molecule has 2 atom stereocenters. The number of thioether (sulfide) groups is 2. The monoisotopic (exact) mass is 549 g/mol. The second kappa shape index (κ2) is 10.2. The van der Waals surface area contributed by atoms with Gasteiger partial charge >= 0.3 is 12.6 Å². The predicted octanol–water partition coefficient (Wildman–Crippen LogP) is 1.05. The van der Waals surface area contributed by atoms with Gasteiger partial charge in [0.2, 0.25) is 0 Å². The van der Waals surface area contributed by atoms with Gasteiger partial charge in [0, 0.05) is 16.9 Å². The predicted molar refractivity (Wildman–Crippen MR) is 120 cm³/mol.